The summed E-state index contributed by atoms with van der Waals surface area (Å²) in [4.78, 5) is 12.2. The highest BCUT2D eigenvalue weighted by atomic mass is 32.1. The number of methoxy groups -OCH3 is 3. The third-order valence-corrected chi connectivity index (χ3v) is 3.65. The minimum atomic E-state index is -0.874. The lowest BCUT2D eigenvalue weighted by Crippen LogP contribution is -2.21. The summed E-state index contributed by atoms with van der Waals surface area (Å²) in [6.07, 6.45) is 0. The molecular weight excluding hydrogens is 268 g/mol. The van der Waals surface area contributed by atoms with Crippen LogP contribution in [-0.4, -0.2) is 33.8 Å². The molecule has 0 unspecified atom stereocenters. The minimum absolute atomic E-state index is 0.391. The van der Waals surface area contributed by atoms with Gasteiger partial charge in [0.1, 0.15) is 0 Å². The highest BCUT2D eigenvalue weighted by Crippen LogP contribution is 2.38. The molecule has 0 amide bonds. The normalized spacial score (nSPS) is 10.9. The molecule has 19 heavy (non-hydrogen) atoms. The van der Waals surface area contributed by atoms with Crippen molar-refractivity contribution in [1.82, 2.24) is 0 Å². The average molecular weight is 282 g/mol. The number of carbonyl (C=O) groups excluding carboxylic acids is 1. The van der Waals surface area contributed by atoms with Crippen molar-refractivity contribution in [1.29, 1.82) is 0 Å². The van der Waals surface area contributed by atoms with Gasteiger partial charge in [-0.15, -0.1) is 11.3 Å². The molecule has 1 aromatic heterocycles. The van der Waals surface area contributed by atoms with E-state index in [0.717, 1.165) is 10.1 Å². The predicted octanol–water partition coefficient (Wildman–Crippen LogP) is 2.64. The maximum absolute atomic E-state index is 11.8. The first-order valence-corrected chi connectivity index (χ1v) is 6.35. The van der Waals surface area contributed by atoms with Crippen LogP contribution in [0.3, 0.4) is 0 Å². The Kier molecular flexibility index (Phi) is 4.36. The van der Waals surface area contributed by atoms with Crippen molar-refractivity contribution < 1.29 is 23.7 Å². The van der Waals surface area contributed by atoms with E-state index in [0.29, 0.717) is 10.6 Å². The number of esters is 1. The summed E-state index contributed by atoms with van der Waals surface area (Å²) in [5.41, 5.74) is 0. The standard InChI is InChI=1S/C13H14O5S/c1-15-12(14)11-10(18-13(16-2)17-3)8-6-4-5-7-9(8)19-11/h4-7,13H,1-3H3. The van der Waals surface area contributed by atoms with Gasteiger partial charge >= 0.3 is 12.4 Å². The SMILES string of the molecule is COC(=O)c1sc2ccccc2c1OC(OC)OC. The number of fused-ring (bicyclic) bond motifs is 1. The fourth-order valence-corrected chi connectivity index (χ4v) is 2.71. The van der Waals surface area contributed by atoms with Crippen molar-refractivity contribution in [2.45, 2.75) is 6.48 Å². The molecule has 0 aliphatic heterocycles. The number of ether oxygens (including phenoxy) is 4. The molecule has 5 nitrogen and oxygen atoms in total. The lowest BCUT2D eigenvalue weighted by molar-refractivity contribution is -0.218. The molecule has 2 rings (SSSR count). The molecule has 0 aliphatic carbocycles. The zero-order valence-corrected chi connectivity index (χ0v) is 11.7. The summed E-state index contributed by atoms with van der Waals surface area (Å²) >= 11 is 1.31. The van der Waals surface area contributed by atoms with Gasteiger partial charge in [-0.1, -0.05) is 12.1 Å². The van der Waals surface area contributed by atoms with Crippen LogP contribution in [0.4, 0.5) is 0 Å². The maximum atomic E-state index is 11.8. The van der Waals surface area contributed by atoms with Gasteiger partial charge in [-0.3, -0.25) is 0 Å². The summed E-state index contributed by atoms with van der Waals surface area (Å²) in [5.74, 6) is -0.0247. The summed E-state index contributed by atoms with van der Waals surface area (Å²) in [6, 6.07) is 7.55. The van der Waals surface area contributed by atoms with E-state index in [9.17, 15) is 4.79 Å². The lowest BCUT2D eigenvalue weighted by Gasteiger charge is -2.15. The lowest BCUT2D eigenvalue weighted by atomic mass is 10.2. The van der Waals surface area contributed by atoms with Gasteiger partial charge in [0.2, 0.25) is 0 Å². The van der Waals surface area contributed by atoms with Crippen LogP contribution in [0.15, 0.2) is 24.3 Å². The Balaban J connectivity index is 2.51. The van der Waals surface area contributed by atoms with E-state index < -0.39 is 12.4 Å². The first-order valence-electron chi connectivity index (χ1n) is 5.53. The van der Waals surface area contributed by atoms with Crippen LogP contribution in [0.25, 0.3) is 10.1 Å². The first-order chi connectivity index (χ1) is 9.21. The predicted molar refractivity (Wildman–Crippen MR) is 71.6 cm³/mol. The Bertz CT molecular complexity index is 573. The van der Waals surface area contributed by atoms with E-state index in [1.807, 2.05) is 24.3 Å². The second-order valence-electron chi connectivity index (χ2n) is 3.63. The molecule has 0 atom stereocenters. The molecule has 1 aromatic carbocycles. The summed E-state index contributed by atoms with van der Waals surface area (Å²) < 4.78 is 21.3. The number of rotatable bonds is 5. The quantitative estimate of drug-likeness (QED) is 0.623. The Hall–Kier alpha value is -1.63. The van der Waals surface area contributed by atoms with Crippen molar-refractivity contribution in [3.63, 3.8) is 0 Å². The van der Waals surface area contributed by atoms with Gasteiger partial charge in [-0.25, -0.2) is 4.79 Å². The molecule has 1 heterocycles. The Morgan fingerprint density at radius 1 is 1.16 bits per heavy atom. The average Bonchev–Trinajstić information content (AvgIpc) is 2.82. The van der Waals surface area contributed by atoms with Gasteiger partial charge < -0.3 is 18.9 Å². The van der Waals surface area contributed by atoms with Gasteiger partial charge in [0.05, 0.1) is 7.11 Å². The van der Waals surface area contributed by atoms with E-state index >= 15 is 0 Å². The van der Waals surface area contributed by atoms with Crippen molar-refractivity contribution >= 4 is 27.4 Å². The zero-order valence-electron chi connectivity index (χ0n) is 10.8. The van der Waals surface area contributed by atoms with E-state index in [2.05, 4.69) is 0 Å². The third kappa shape index (κ3) is 2.70. The molecule has 102 valence electrons. The molecule has 0 bridgehead atoms. The monoisotopic (exact) mass is 282 g/mol. The van der Waals surface area contributed by atoms with Crippen molar-refractivity contribution in [3.8, 4) is 5.75 Å². The highest BCUT2D eigenvalue weighted by molar-refractivity contribution is 7.21. The Morgan fingerprint density at radius 3 is 2.47 bits per heavy atom. The van der Waals surface area contributed by atoms with Gasteiger partial charge in [-0.2, -0.15) is 0 Å². The van der Waals surface area contributed by atoms with Crippen molar-refractivity contribution in [2.75, 3.05) is 21.3 Å². The fraction of sp³-hybridized carbons (Fsp3) is 0.308. The Labute approximate surface area is 114 Å². The van der Waals surface area contributed by atoms with Gasteiger partial charge in [0, 0.05) is 24.3 Å². The molecule has 6 heteroatoms. The molecule has 0 fully saturated rings. The molecule has 0 spiro atoms. The van der Waals surface area contributed by atoms with Gasteiger partial charge in [0.25, 0.3) is 0 Å². The van der Waals surface area contributed by atoms with Crippen LogP contribution in [0.2, 0.25) is 0 Å². The van der Waals surface area contributed by atoms with Crippen molar-refractivity contribution in [2.24, 2.45) is 0 Å². The fourth-order valence-electron chi connectivity index (χ4n) is 1.65. The summed E-state index contributed by atoms with van der Waals surface area (Å²) in [7, 11) is 4.25. The number of benzene rings is 1. The van der Waals surface area contributed by atoms with Crippen LogP contribution in [0.1, 0.15) is 9.67 Å². The van der Waals surface area contributed by atoms with Crippen LogP contribution in [0.5, 0.6) is 5.75 Å². The molecule has 0 aliphatic rings. The molecule has 0 radical (unpaired) electrons. The van der Waals surface area contributed by atoms with Gasteiger partial charge in [-0.05, 0) is 12.1 Å². The molecule has 0 saturated carbocycles. The van der Waals surface area contributed by atoms with Crippen LogP contribution >= 0.6 is 11.3 Å². The van der Waals surface area contributed by atoms with Crippen LogP contribution in [-0.2, 0) is 14.2 Å². The van der Waals surface area contributed by atoms with E-state index in [1.165, 1.54) is 32.7 Å². The second kappa shape index (κ2) is 6.01. The molecule has 0 N–H and O–H groups in total. The topological polar surface area (TPSA) is 54.0 Å². The van der Waals surface area contributed by atoms with Crippen molar-refractivity contribution in [3.05, 3.63) is 29.1 Å². The highest BCUT2D eigenvalue weighted by Gasteiger charge is 2.23. The third-order valence-electron chi connectivity index (χ3n) is 2.52. The van der Waals surface area contributed by atoms with E-state index in [1.54, 1.807) is 0 Å². The number of carbonyl (C=O) groups is 1. The molecular formula is C13H14O5S. The molecule has 0 saturated heterocycles. The number of hydrogen-bond donors (Lipinski definition) is 0. The minimum Gasteiger partial charge on any atom is -0.465 e. The largest absolute Gasteiger partial charge is 0.465 e. The first kappa shape index (κ1) is 13.8. The van der Waals surface area contributed by atoms with E-state index in [-0.39, 0.29) is 0 Å². The Morgan fingerprint density at radius 2 is 1.84 bits per heavy atom. The van der Waals surface area contributed by atoms with Crippen LogP contribution in [0, 0.1) is 0 Å². The number of hydrogen-bond acceptors (Lipinski definition) is 6. The summed E-state index contributed by atoms with van der Waals surface area (Å²) in [5, 5.41) is 0.826. The van der Waals surface area contributed by atoms with Crippen LogP contribution < -0.4 is 4.74 Å². The summed E-state index contributed by atoms with van der Waals surface area (Å²) in [6.45, 7) is -0.874. The zero-order chi connectivity index (χ0) is 13.8. The van der Waals surface area contributed by atoms with E-state index in [4.69, 9.17) is 18.9 Å². The second-order valence-corrected chi connectivity index (χ2v) is 4.68. The number of thiophene rings is 1. The molecule has 2 aromatic rings. The smallest absolute Gasteiger partial charge is 0.351 e. The maximum Gasteiger partial charge on any atom is 0.351 e. The van der Waals surface area contributed by atoms with Gasteiger partial charge in [0.15, 0.2) is 10.6 Å².